The minimum atomic E-state index is 0.344. The molecular formula is C18H29NO. The second-order valence-corrected chi connectivity index (χ2v) is 6.60. The molecule has 2 nitrogen and oxygen atoms in total. The van der Waals surface area contributed by atoms with Crippen LogP contribution in [0.15, 0.2) is 24.3 Å². The van der Waals surface area contributed by atoms with Gasteiger partial charge < -0.3 is 10.1 Å². The molecule has 0 bridgehead atoms. The van der Waals surface area contributed by atoms with Crippen molar-refractivity contribution in [3.8, 4) is 5.75 Å². The van der Waals surface area contributed by atoms with Crippen LogP contribution in [-0.2, 0) is 5.41 Å². The van der Waals surface area contributed by atoms with E-state index in [1.807, 2.05) is 0 Å². The average molecular weight is 275 g/mol. The van der Waals surface area contributed by atoms with Crippen LogP contribution in [0.25, 0.3) is 0 Å². The minimum Gasteiger partial charge on any atom is -0.497 e. The van der Waals surface area contributed by atoms with Crippen LogP contribution in [0.4, 0.5) is 0 Å². The predicted molar refractivity (Wildman–Crippen MR) is 85.4 cm³/mol. The van der Waals surface area contributed by atoms with E-state index < -0.39 is 0 Å². The number of nitrogens with one attached hydrogen (secondary N) is 1. The quantitative estimate of drug-likeness (QED) is 0.759. The first-order valence-corrected chi connectivity index (χ1v) is 7.96. The van der Waals surface area contributed by atoms with Crippen molar-refractivity contribution in [2.24, 2.45) is 11.8 Å². The van der Waals surface area contributed by atoms with Gasteiger partial charge in [-0.25, -0.2) is 0 Å². The Bertz CT molecular complexity index is 404. The van der Waals surface area contributed by atoms with Gasteiger partial charge in [0, 0.05) is 12.0 Å². The molecule has 1 fully saturated rings. The van der Waals surface area contributed by atoms with Gasteiger partial charge in [-0.2, -0.15) is 0 Å². The van der Waals surface area contributed by atoms with E-state index in [-0.39, 0.29) is 0 Å². The van der Waals surface area contributed by atoms with Gasteiger partial charge in [0.1, 0.15) is 5.75 Å². The molecular weight excluding hydrogens is 246 g/mol. The monoisotopic (exact) mass is 275 g/mol. The van der Waals surface area contributed by atoms with Crippen molar-refractivity contribution in [2.75, 3.05) is 20.2 Å². The third kappa shape index (κ3) is 3.17. The minimum absolute atomic E-state index is 0.344. The Hall–Kier alpha value is -1.02. The largest absolute Gasteiger partial charge is 0.497 e. The fourth-order valence-electron chi connectivity index (χ4n) is 3.35. The summed E-state index contributed by atoms with van der Waals surface area (Å²) >= 11 is 0. The summed E-state index contributed by atoms with van der Waals surface area (Å²) < 4.78 is 5.28. The highest BCUT2D eigenvalue weighted by atomic mass is 16.5. The van der Waals surface area contributed by atoms with Crippen LogP contribution in [0.3, 0.4) is 0 Å². The smallest absolute Gasteiger partial charge is 0.118 e. The summed E-state index contributed by atoms with van der Waals surface area (Å²) in [6.45, 7) is 9.15. The van der Waals surface area contributed by atoms with Crippen LogP contribution in [0.1, 0.15) is 45.6 Å². The topological polar surface area (TPSA) is 21.3 Å². The lowest BCUT2D eigenvalue weighted by molar-refractivity contribution is 0.0978. The van der Waals surface area contributed by atoms with E-state index in [1.54, 1.807) is 7.11 Å². The van der Waals surface area contributed by atoms with E-state index in [0.29, 0.717) is 5.41 Å². The Morgan fingerprint density at radius 1 is 1.25 bits per heavy atom. The fourth-order valence-corrected chi connectivity index (χ4v) is 3.35. The van der Waals surface area contributed by atoms with Crippen LogP contribution < -0.4 is 10.1 Å². The summed E-state index contributed by atoms with van der Waals surface area (Å²) in [5.41, 5.74) is 1.81. The van der Waals surface area contributed by atoms with E-state index >= 15 is 0 Å². The van der Waals surface area contributed by atoms with Crippen molar-refractivity contribution in [2.45, 2.75) is 45.4 Å². The molecule has 0 amide bonds. The summed E-state index contributed by atoms with van der Waals surface area (Å²) in [4.78, 5) is 0. The molecule has 1 aliphatic rings. The van der Waals surface area contributed by atoms with Crippen molar-refractivity contribution in [3.05, 3.63) is 29.8 Å². The predicted octanol–water partition coefficient (Wildman–Crippen LogP) is 4.00. The van der Waals surface area contributed by atoms with Gasteiger partial charge >= 0.3 is 0 Å². The zero-order valence-electron chi connectivity index (χ0n) is 13.4. The number of hydrogen-bond acceptors (Lipinski definition) is 2. The van der Waals surface area contributed by atoms with E-state index in [2.05, 4.69) is 50.4 Å². The first kappa shape index (κ1) is 15.4. The molecule has 2 rings (SSSR count). The lowest BCUT2D eigenvalue weighted by Crippen LogP contribution is -2.50. The summed E-state index contributed by atoms with van der Waals surface area (Å²) in [7, 11) is 1.73. The lowest BCUT2D eigenvalue weighted by Gasteiger charge is -2.50. The molecule has 112 valence electrons. The second kappa shape index (κ2) is 6.62. The molecule has 1 aliphatic carbocycles. The van der Waals surface area contributed by atoms with Crippen LogP contribution in [-0.4, -0.2) is 20.2 Å². The van der Waals surface area contributed by atoms with Crippen molar-refractivity contribution in [1.82, 2.24) is 5.32 Å². The maximum Gasteiger partial charge on any atom is 0.118 e. The van der Waals surface area contributed by atoms with Crippen LogP contribution in [0.2, 0.25) is 0 Å². The first-order chi connectivity index (χ1) is 9.61. The molecule has 0 aromatic heterocycles. The van der Waals surface area contributed by atoms with Crippen LogP contribution in [0.5, 0.6) is 5.75 Å². The Balaban J connectivity index is 2.10. The zero-order chi connectivity index (χ0) is 14.6. The Morgan fingerprint density at radius 3 is 2.40 bits per heavy atom. The van der Waals surface area contributed by atoms with Gasteiger partial charge in [-0.1, -0.05) is 32.9 Å². The maximum absolute atomic E-state index is 5.28. The Morgan fingerprint density at radius 2 is 1.90 bits per heavy atom. The Kier molecular flexibility index (Phi) is 5.09. The summed E-state index contributed by atoms with van der Waals surface area (Å²) in [5, 5.41) is 3.63. The summed E-state index contributed by atoms with van der Waals surface area (Å²) in [6.07, 6.45) is 3.83. The van der Waals surface area contributed by atoms with Gasteiger partial charge in [-0.3, -0.25) is 0 Å². The Labute approximate surface area is 123 Å². The zero-order valence-corrected chi connectivity index (χ0v) is 13.4. The molecule has 1 aromatic rings. The van der Waals surface area contributed by atoms with Crippen molar-refractivity contribution in [3.63, 3.8) is 0 Å². The molecule has 20 heavy (non-hydrogen) atoms. The average Bonchev–Trinajstić information content (AvgIpc) is 2.41. The highest BCUT2D eigenvalue weighted by Gasteiger charge is 2.45. The lowest BCUT2D eigenvalue weighted by atomic mass is 9.56. The number of hydrogen-bond donors (Lipinski definition) is 1. The third-order valence-electron chi connectivity index (χ3n) is 4.84. The maximum atomic E-state index is 5.28. The molecule has 0 aliphatic heterocycles. The van der Waals surface area contributed by atoms with Crippen LogP contribution in [0, 0.1) is 11.8 Å². The molecule has 0 heterocycles. The van der Waals surface area contributed by atoms with E-state index in [0.717, 1.165) is 30.7 Å². The number of rotatable bonds is 7. The van der Waals surface area contributed by atoms with E-state index in [1.165, 1.54) is 24.8 Å². The standard InChI is InChI=1S/C18H29NO/c1-5-10-19-13-18(11-15(12-18)14(2)3)16-6-8-17(20-4)9-7-16/h6-9,14-15,19H,5,10-13H2,1-4H3. The summed E-state index contributed by atoms with van der Waals surface area (Å²) in [6, 6.07) is 8.70. The highest BCUT2D eigenvalue weighted by molar-refractivity contribution is 5.35. The molecule has 0 saturated heterocycles. The van der Waals surface area contributed by atoms with Gasteiger partial charge in [0.05, 0.1) is 7.11 Å². The molecule has 2 heteroatoms. The molecule has 0 atom stereocenters. The van der Waals surface area contributed by atoms with Gasteiger partial charge in [0.2, 0.25) is 0 Å². The van der Waals surface area contributed by atoms with E-state index in [9.17, 15) is 0 Å². The van der Waals surface area contributed by atoms with E-state index in [4.69, 9.17) is 4.74 Å². The molecule has 1 N–H and O–H groups in total. The molecule has 0 unspecified atom stereocenters. The van der Waals surface area contributed by atoms with Gasteiger partial charge in [0.25, 0.3) is 0 Å². The SMILES string of the molecule is CCCNCC1(c2ccc(OC)cc2)CC(C(C)C)C1. The van der Waals surface area contributed by atoms with Gasteiger partial charge in [-0.15, -0.1) is 0 Å². The number of ether oxygens (including phenoxy) is 1. The number of benzene rings is 1. The first-order valence-electron chi connectivity index (χ1n) is 7.96. The second-order valence-electron chi connectivity index (χ2n) is 6.60. The molecule has 1 aromatic carbocycles. The highest BCUT2D eigenvalue weighted by Crippen LogP contribution is 2.50. The molecule has 1 saturated carbocycles. The molecule has 0 spiro atoms. The fraction of sp³-hybridized carbons (Fsp3) is 0.667. The van der Waals surface area contributed by atoms with Crippen LogP contribution >= 0.6 is 0 Å². The van der Waals surface area contributed by atoms with Crippen molar-refractivity contribution < 1.29 is 4.74 Å². The third-order valence-corrected chi connectivity index (χ3v) is 4.84. The van der Waals surface area contributed by atoms with Gasteiger partial charge in [0.15, 0.2) is 0 Å². The molecule has 0 radical (unpaired) electrons. The van der Waals surface area contributed by atoms with Crippen molar-refractivity contribution in [1.29, 1.82) is 0 Å². The van der Waals surface area contributed by atoms with Gasteiger partial charge in [-0.05, 0) is 55.3 Å². The van der Waals surface area contributed by atoms with Crippen molar-refractivity contribution >= 4 is 0 Å². The number of methoxy groups -OCH3 is 1. The summed E-state index contributed by atoms with van der Waals surface area (Å²) in [5.74, 6) is 2.62. The normalized spacial score (nSPS) is 25.6.